The van der Waals surface area contributed by atoms with Crippen LogP contribution in [0.3, 0.4) is 0 Å². The average Bonchev–Trinajstić information content (AvgIpc) is 2.54. The summed E-state index contributed by atoms with van der Waals surface area (Å²) in [6.45, 7) is 4.24. The highest BCUT2D eigenvalue weighted by atomic mass is 16.5. The first kappa shape index (κ1) is 13.7. The van der Waals surface area contributed by atoms with E-state index in [-0.39, 0.29) is 11.8 Å². The smallest absolute Gasteiger partial charge is 0.253 e. The van der Waals surface area contributed by atoms with E-state index in [1.807, 2.05) is 30.3 Å². The van der Waals surface area contributed by atoms with Crippen LogP contribution >= 0.6 is 0 Å². The number of hydrogen-bond donors (Lipinski definition) is 0. The first-order chi connectivity index (χ1) is 10.1. The van der Waals surface area contributed by atoms with E-state index in [2.05, 4.69) is 0 Å². The van der Waals surface area contributed by atoms with E-state index in [1.54, 1.807) is 16.7 Å². The molecule has 0 unspecified atom stereocenters. The number of nitrogens with zero attached hydrogens (tertiary/aromatic N) is 2. The van der Waals surface area contributed by atoms with Crippen molar-refractivity contribution in [1.29, 1.82) is 0 Å². The van der Waals surface area contributed by atoms with Gasteiger partial charge in [-0.25, -0.2) is 0 Å². The Morgan fingerprint density at radius 3 is 2.43 bits per heavy atom. The number of fused-ring (bicyclic) bond motifs is 1. The van der Waals surface area contributed by atoms with Crippen molar-refractivity contribution >= 4 is 17.9 Å². The molecule has 2 aliphatic rings. The van der Waals surface area contributed by atoms with Crippen molar-refractivity contribution in [2.24, 2.45) is 0 Å². The van der Waals surface area contributed by atoms with Gasteiger partial charge < -0.3 is 14.5 Å². The summed E-state index contributed by atoms with van der Waals surface area (Å²) in [5.41, 5.74) is 1.61. The van der Waals surface area contributed by atoms with Gasteiger partial charge in [0.1, 0.15) is 12.4 Å². The molecule has 5 nitrogen and oxygen atoms in total. The number of rotatable bonds is 1. The third-order valence-corrected chi connectivity index (χ3v) is 3.92. The van der Waals surface area contributed by atoms with Crippen LogP contribution in [0.25, 0.3) is 6.08 Å². The molecule has 3 rings (SSSR count). The fourth-order valence-corrected chi connectivity index (χ4v) is 2.67. The minimum atomic E-state index is 0.00713. The summed E-state index contributed by atoms with van der Waals surface area (Å²) in [6.07, 6.45) is 1.90. The lowest BCUT2D eigenvalue weighted by Crippen LogP contribution is -2.50. The van der Waals surface area contributed by atoms with E-state index in [0.717, 1.165) is 11.3 Å². The van der Waals surface area contributed by atoms with E-state index in [4.69, 9.17) is 4.74 Å². The Morgan fingerprint density at radius 1 is 1.05 bits per heavy atom. The molecule has 2 heterocycles. The monoisotopic (exact) mass is 286 g/mol. The van der Waals surface area contributed by atoms with Gasteiger partial charge in [-0.1, -0.05) is 18.2 Å². The Bertz CT molecular complexity index is 601. The largest absolute Gasteiger partial charge is 0.488 e. The minimum absolute atomic E-state index is 0.00713. The molecule has 5 heteroatoms. The summed E-state index contributed by atoms with van der Waals surface area (Å²) in [6, 6.07) is 7.69. The molecule has 1 saturated heterocycles. The number of carbonyl (C=O) groups excluding carboxylic acids is 2. The number of ether oxygens (including phenoxy) is 1. The van der Waals surface area contributed by atoms with Crippen molar-refractivity contribution in [3.8, 4) is 5.75 Å². The van der Waals surface area contributed by atoms with Gasteiger partial charge in [-0.15, -0.1) is 0 Å². The molecule has 21 heavy (non-hydrogen) atoms. The Hall–Kier alpha value is -2.30. The molecule has 0 atom stereocenters. The van der Waals surface area contributed by atoms with Crippen molar-refractivity contribution in [3.05, 3.63) is 35.4 Å². The summed E-state index contributed by atoms with van der Waals surface area (Å²) >= 11 is 0. The lowest BCUT2D eigenvalue weighted by Gasteiger charge is -2.35. The second kappa shape index (κ2) is 5.60. The zero-order valence-electron chi connectivity index (χ0n) is 12.0. The Kier molecular flexibility index (Phi) is 3.64. The number of carbonyl (C=O) groups is 2. The summed E-state index contributed by atoms with van der Waals surface area (Å²) in [5.74, 6) is 0.888. The van der Waals surface area contributed by atoms with Crippen LogP contribution < -0.4 is 4.74 Å². The van der Waals surface area contributed by atoms with E-state index in [1.165, 1.54) is 0 Å². The minimum Gasteiger partial charge on any atom is -0.488 e. The van der Waals surface area contributed by atoms with Crippen molar-refractivity contribution in [1.82, 2.24) is 9.80 Å². The fraction of sp³-hybridized carbons (Fsp3) is 0.375. The van der Waals surface area contributed by atoms with Gasteiger partial charge in [0.05, 0.1) is 5.57 Å². The van der Waals surface area contributed by atoms with Crippen LogP contribution in [0.15, 0.2) is 29.8 Å². The summed E-state index contributed by atoms with van der Waals surface area (Å²) in [5, 5.41) is 0. The first-order valence-electron chi connectivity index (χ1n) is 7.12. The molecule has 1 aromatic carbocycles. The lowest BCUT2D eigenvalue weighted by atomic mass is 10.1. The van der Waals surface area contributed by atoms with Gasteiger partial charge in [-0.3, -0.25) is 9.59 Å². The zero-order chi connectivity index (χ0) is 14.8. The molecule has 0 N–H and O–H groups in total. The molecule has 110 valence electrons. The van der Waals surface area contributed by atoms with Crippen molar-refractivity contribution in [2.45, 2.75) is 6.92 Å². The third-order valence-electron chi connectivity index (χ3n) is 3.92. The molecule has 1 fully saturated rings. The molecule has 2 amide bonds. The van der Waals surface area contributed by atoms with Gasteiger partial charge >= 0.3 is 0 Å². The van der Waals surface area contributed by atoms with E-state index >= 15 is 0 Å². The normalized spacial score (nSPS) is 17.7. The van der Waals surface area contributed by atoms with Crippen molar-refractivity contribution in [3.63, 3.8) is 0 Å². The topological polar surface area (TPSA) is 49.9 Å². The SMILES string of the molecule is CC(=O)N1CCN(C(=O)C2=Cc3ccccc3OC2)CC1. The Morgan fingerprint density at radius 2 is 1.71 bits per heavy atom. The number of hydrogen-bond acceptors (Lipinski definition) is 3. The number of para-hydroxylation sites is 1. The Labute approximate surface area is 123 Å². The standard InChI is InChI=1S/C16H18N2O3/c1-12(19)17-6-8-18(9-7-17)16(20)14-10-13-4-2-3-5-15(13)21-11-14/h2-5,10H,6-9,11H2,1H3. The van der Waals surface area contributed by atoms with Crippen LogP contribution in [-0.2, 0) is 9.59 Å². The Balaban J connectivity index is 1.70. The summed E-state index contributed by atoms with van der Waals surface area (Å²) in [4.78, 5) is 27.4. The van der Waals surface area contributed by atoms with Crippen LogP contribution in [0.5, 0.6) is 5.75 Å². The highest BCUT2D eigenvalue weighted by Gasteiger charge is 2.26. The van der Waals surface area contributed by atoms with Crippen LogP contribution in [0.1, 0.15) is 12.5 Å². The second-order valence-corrected chi connectivity index (χ2v) is 5.29. The lowest BCUT2D eigenvalue weighted by molar-refractivity contribution is -0.136. The third kappa shape index (κ3) is 2.77. The summed E-state index contributed by atoms with van der Waals surface area (Å²) < 4.78 is 5.63. The van der Waals surface area contributed by atoms with Crippen LogP contribution in [0.2, 0.25) is 0 Å². The number of amides is 2. The first-order valence-corrected chi connectivity index (χ1v) is 7.12. The maximum atomic E-state index is 12.5. The van der Waals surface area contributed by atoms with Gasteiger partial charge in [-0.2, -0.15) is 0 Å². The highest BCUT2D eigenvalue weighted by molar-refractivity contribution is 5.99. The van der Waals surface area contributed by atoms with Gasteiger partial charge in [0.15, 0.2) is 0 Å². The molecule has 0 aliphatic carbocycles. The highest BCUT2D eigenvalue weighted by Crippen LogP contribution is 2.26. The van der Waals surface area contributed by atoms with Gasteiger partial charge in [0.2, 0.25) is 5.91 Å². The van der Waals surface area contributed by atoms with Crippen LogP contribution in [0, 0.1) is 0 Å². The van der Waals surface area contributed by atoms with Gasteiger partial charge in [-0.05, 0) is 12.1 Å². The molecular weight excluding hydrogens is 268 g/mol. The van der Waals surface area contributed by atoms with Crippen molar-refractivity contribution in [2.75, 3.05) is 32.8 Å². The van der Waals surface area contributed by atoms with E-state index in [0.29, 0.717) is 38.4 Å². The molecular formula is C16H18N2O3. The molecule has 0 aromatic heterocycles. The van der Waals surface area contributed by atoms with Gasteiger partial charge in [0, 0.05) is 38.7 Å². The number of benzene rings is 1. The van der Waals surface area contributed by atoms with E-state index in [9.17, 15) is 9.59 Å². The predicted molar refractivity (Wildman–Crippen MR) is 78.7 cm³/mol. The maximum absolute atomic E-state index is 12.5. The maximum Gasteiger partial charge on any atom is 0.253 e. The predicted octanol–water partition coefficient (Wildman–Crippen LogP) is 1.15. The number of piperazine rings is 1. The quantitative estimate of drug-likeness (QED) is 0.778. The average molecular weight is 286 g/mol. The molecule has 0 radical (unpaired) electrons. The second-order valence-electron chi connectivity index (χ2n) is 5.29. The zero-order valence-corrected chi connectivity index (χ0v) is 12.0. The van der Waals surface area contributed by atoms with Gasteiger partial charge in [0.25, 0.3) is 5.91 Å². The van der Waals surface area contributed by atoms with Crippen LogP contribution in [-0.4, -0.2) is 54.4 Å². The molecule has 1 aromatic rings. The van der Waals surface area contributed by atoms with Crippen molar-refractivity contribution < 1.29 is 14.3 Å². The molecule has 0 bridgehead atoms. The molecule has 2 aliphatic heterocycles. The molecule has 0 spiro atoms. The van der Waals surface area contributed by atoms with E-state index < -0.39 is 0 Å². The summed E-state index contributed by atoms with van der Waals surface area (Å²) in [7, 11) is 0. The fourth-order valence-electron chi connectivity index (χ4n) is 2.67. The van der Waals surface area contributed by atoms with Crippen LogP contribution in [0.4, 0.5) is 0 Å². The molecule has 0 saturated carbocycles.